The number of ether oxygens (including phenoxy) is 1. The number of hydrogen-bond donors (Lipinski definition) is 1. The highest BCUT2D eigenvalue weighted by Gasteiger charge is 2.24. The minimum atomic E-state index is 0.151. The fraction of sp³-hybridized carbons (Fsp3) is 0.278. The highest BCUT2D eigenvalue weighted by molar-refractivity contribution is 6.36. The SMILES string of the molecule is CCOc1c(Cl)cc(Cl)cc1C1=NN[C@H](c2ccc(C)cc2)C1. The Morgan fingerprint density at radius 3 is 2.65 bits per heavy atom. The summed E-state index contributed by atoms with van der Waals surface area (Å²) in [6, 6.07) is 12.2. The quantitative estimate of drug-likeness (QED) is 0.829. The molecule has 1 atom stereocenters. The van der Waals surface area contributed by atoms with Crippen molar-refractivity contribution in [2.45, 2.75) is 26.3 Å². The zero-order valence-corrected chi connectivity index (χ0v) is 14.6. The van der Waals surface area contributed by atoms with Gasteiger partial charge in [-0.15, -0.1) is 0 Å². The Balaban J connectivity index is 1.87. The molecular weight excluding hydrogens is 331 g/mol. The van der Waals surface area contributed by atoms with E-state index in [1.165, 1.54) is 11.1 Å². The zero-order chi connectivity index (χ0) is 16.4. The number of hydrogen-bond acceptors (Lipinski definition) is 3. The third-order valence-corrected chi connectivity index (χ3v) is 4.34. The molecule has 2 aromatic rings. The van der Waals surface area contributed by atoms with E-state index in [4.69, 9.17) is 27.9 Å². The molecule has 1 aliphatic rings. The molecule has 3 nitrogen and oxygen atoms in total. The standard InChI is InChI=1S/C18H18Cl2N2O/c1-3-23-18-14(8-13(19)9-15(18)20)17-10-16(21-22-17)12-6-4-11(2)5-7-12/h4-9,16,21H,3,10H2,1-2H3/t16-/m0/s1. The molecule has 1 aliphatic heterocycles. The second-order valence-corrected chi connectivity index (χ2v) is 6.40. The third kappa shape index (κ3) is 3.46. The van der Waals surface area contributed by atoms with Crippen molar-refractivity contribution < 1.29 is 4.74 Å². The maximum absolute atomic E-state index is 6.28. The van der Waals surface area contributed by atoms with Crippen LogP contribution in [0.4, 0.5) is 0 Å². The summed E-state index contributed by atoms with van der Waals surface area (Å²) in [5, 5.41) is 5.57. The van der Waals surface area contributed by atoms with Gasteiger partial charge >= 0.3 is 0 Å². The molecule has 23 heavy (non-hydrogen) atoms. The Morgan fingerprint density at radius 2 is 1.96 bits per heavy atom. The molecule has 3 rings (SSSR count). The van der Waals surface area contributed by atoms with E-state index < -0.39 is 0 Å². The molecule has 1 N–H and O–H groups in total. The van der Waals surface area contributed by atoms with Gasteiger partial charge in [0.15, 0.2) is 0 Å². The summed E-state index contributed by atoms with van der Waals surface area (Å²) < 4.78 is 5.69. The Labute approximate surface area is 146 Å². The summed E-state index contributed by atoms with van der Waals surface area (Å²) >= 11 is 12.4. The van der Waals surface area contributed by atoms with Gasteiger partial charge in [-0.2, -0.15) is 5.10 Å². The molecule has 0 radical (unpaired) electrons. The molecule has 5 heteroatoms. The maximum atomic E-state index is 6.28. The van der Waals surface area contributed by atoms with Gasteiger partial charge in [0, 0.05) is 17.0 Å². The van der Waals surface area contributed by atoms with Crippen LogP contribution in [0.2, 0.25) is 10.0 Å². The lowest BCUT2D eigenvalue weighted by molar-refractivity contribution is 0.340. The monoisotopic (exact) mass is 348 g/mol. The van der Waals surface area contributed by atoms with Crippen molar-refractivity contribution in [3.05, 3.63) is 63.1 Å². The first-order valence-electron chi connectivity index (χ1n) is 7.59. The Hall–Kier alpha value is -1.71. The molecule has 0 aromatic heterocycles. The summed E-state index contributed by atoms with van der Waals surface area (Å²) in [6.45, 7) is 4.55. The second-order valence-electron chi connectivity index (χ2n) is 5.55. The van der Waals surface area contributed by atoms with Crippen LogP contribution in [0.25, 0.3) is 0 Å². The van der Waals surface area contributed by atoms with Crippen molar-refractivity contribution >= 4 is 28.9 Å². The molecule has 0 unspecified atom stereocenters. The van der Waals surface area contributed by atoms with Crippen molar-refractivity contribution in [3.63, 3.8) is 0 Å². The van der Waals surface area contributed by atoms with E-state index in [-0.39, 0.29) is 6.04 Å². The van der Waals surface area contributed by atoms with Gasteiger partial charge in [-0.25, -0.2) is 0 Å². The van der Waals surface area contributed by atoms with Crippen LogP contribution >= 0.6 is 23.2 Å². The zero-order valence-electron chi connectivity index (χ0n) is 13.1. The van der Waals surface area contributed by atoms with Gasteiger partial charge in [-0.3, -0.25) is 0 Å². The van der Waals surface area contributed by atoms with Gasteiger partial charge in [-0.05, 0) is 31.5 Å². The van der Waals surface area contributed by atoms with Gasteiger partial charge in [0.2, 0.25) is 0 Å². The molecule has 1 heterocycles. The highest BCUT2D eigenvalue weighted by Crippen LogP contribution is 2.36. The number of nitrogens with one attached hydrogen (secondary N) is 1. The predicted octanol–water partition coefficient (Wildman–Crippen LogP) is 5.14. The van der Waals surface area contributed by atoms with E-state index in [1.54, 1.807) is 6.07 Å². The Bertz CT molecular complexity index is 741. The number of nitrogens with zero attached hydrogens (tertiary/aromatic N) is 1. The molecule has 0 aliphatic carbocycles. The van der Waals surface area contributed by atoms with Crippen LogP contribution < -0.4 is 10.2 Å². The van der Waals surface area contributed by atoms with E-state index in [1.807, 2.05) is 13.0 Å². The molecule has 2 aromatic carbocycles. The van der Waals surface area contributed by atoms with Crippen LogP contribution in [-0.2, 0) is 0 Å². The molecule has 120 valence electrons. The summed E-state index contributed by atoms with van der Waals surface area (Å²) in [6.07, 6.45) is 0.764. The normalized spacial score (nSPS) is 16.9. The van der Waals surface area contributed by atoms with Crippen LogP contribution in [0.15, 0.2) is 41.5 Å². The molecule has 0 fully saturated rings. The smallest absolute Gasteiger partial charge is 0.147 e. The number of aryl methyl sites for hydroxylation is 1. The van der Waals surface area contributed by atoms with Crippen molar-refractivity contribution in [2.24, 2.45) is 5.10 Å². The first-order chi connectivity index (χ1) is 11.1. The lowest BCUT2D eigenvalue weighted by Crippen LogP contribution is -2.10. The summed E-state index contributed by atoms with van der Waals surface area (Å²) in [7, 11) is 0. The molecule has 0 saturated carbocycles. The van der Waals surface area contributed by atoms with E-state index in [0.29, 0.717) is 22.4 Å². The number of halogens is 2. The summed E-state index contributed by atoms with van der Waals surface area (Å²) in [4.78, 5) is 0. The van der Waals surface area contributed by atoms with Crippen molar-refractivity contribution in [3.8, 4) is 5.75 Å². The van der Waals surface area contributed by atoms with Gasteiger partial charge < -0.3 is 10.2 Å². The average molecular weight is 349 g/mol. The fourth-order valence-corrected chi connectivity index (χ4v) is 3.22. The van der Waals surface area contributed by atoms with Crippen molar-refractivity contribution in [2.75, 3.05) is 6.61 Å². The first kappa shape index (κ1) is 16.2. The van der Waals surface area contributed by atoms with E-state index in [2.05, 4.69) is 41.7 Å². The lowest BCUT2D eigenvalue weighted by atomic mass is 9.98. The molecule has 0 amide bonds. The second kappa shape index (κ2) is 6.81. The van der Waals surface area contributed by atoms with Crippen LogP contribution in [0.5, 0.6) is 5.75 Å². The lowest BCUT2D eigenvalue weighted by Gasteiger charge is -2.13. The molecular formula is C18H18Cl2N2O. The van der Waals surface area contributed by atoms with Gasteiger partial charge in [0.1, 0.15) is 5.75 Å². The number of hydrazone groups is 1. The maximum Gasteiger partial charge on any atom is 0.147 e. The van der Waals surface area contributed by atoms with Gasteiger partial charge in [-0.1, -0.05) is 53.0 Å². The predicted molar refractivity (Wildman–Crippen MR) is 95.8 cm³/mol. The van der Waals surface area contributed by atoms with Crippen molar-refractivity contribution in [1.82, 2.24) is 5.43 Å². The van der Waals surface area contributed by atoms with Crippen molar-refractivity contribution in [1.29, 1.82) is 0 Å². The van der Waals surface area contributed by atoms with E-state index >= 15 is 0 Å². The van der Waals surface area contributed by atoms with Crippen LogP contribution in [0.3, 0.4) is 0 Å². The average Bonchev–Trinajstić information content (AvgIpc) is 3.00. The minimum Gasteiger partial charge on any atom is -0.492 e. The fourth-order valence-electron chi connectivity index (χ4n) is 2.67. The molecule has 0 spiro atoms. The third-order valence-electron chi connectivity index (χ3n) is 3.84. The molecule has 0 saturated heterocycles. The van der Waals surface area contributed by atoms with Gasteiger partial charge in [0.05, 0.1) is 23.4 Å². The van der Waals surface area contributed by atoms with Crippen LogP contribution in [-0.4, -0.2) is 12.3 Å². The van der Waals surface area contributed by atoms with E-state index in [9.17, 15) is 0 Å². The minimum absolute atomic E-state index is 0.151. The summed E-state index contributed by atoms with van der Waals surface area (Å²) in [5.41, 5.74) is 7.41. The van der Waals surface area contributed by atoms with Crippen LogP contribution in [0, 0.1) is 6.92 Å². The largest absolute Gasteiger partial charge is 0.492 e. The Kier molecular flexibility index (Phi) is 4.79. The summed E-state index contributed by atoms with van der Waals surface area (Å²) in [5.74, 6) is 0.642. The first-order valence-corrected chi connectivity index (χ1v) is 8.35. The van der Waals surface area contributed by atoms with E-state index in [0.717, 1.165) is 17.7 Å². The topological polar surface area (TPSA) is 33.6 Å². The number of benzene rings is 2. The Morgan fingerprint density at radius 1 is 1.22 bits per heavy atom. The van der Waals surface area contributed by atoms with Crippen LogP contribution in [0.1, 0.15) is 36.1 Å². The van der Waals surface area contributed by atoms with Gasteiger partial charge in [0.25, 0.3) is 0 Å². The number of rotatable bonds is 4. The highest BCUT2D eigenvalue weighted by atomic mass is 35.5. The molecule has 0 bridgehead atoms.